The van der Waals surface area contributed by atoms with Crippen LogP contribution in [0.1, 0.15) is 11.9 Å². The molecule has 4 rings (SSSR count). The highest BCUT2D eigenvalue weighted by Crippen LogP contribution is 2.33. The second kappa shape index (κ2) is 8.67. The summed E-state index contributed by atoms with van der Waals surface area (Å²) in [4.78, 5) is 2.37. The van der Waals surface area contributed by atoms with Gasteiger partial charge in [-0.15, -0.1) is 0 Å². The molecule has 2 atom stereocenters. The summed E-state index contributed by atoms with van der Waals surface area (Å²) in [6.07, 6.45) is -0.631. The van der Waals surface area contributed by atoms with E-state index in [0.717, 1.165) is 37.5 Å². The molecule has 0 aromatic heterocycles. The van der Waals surface area contributed by atoms with Crippen molar-refractivity contribution in [1.29, 1.82) is 0 Å². The van der Waals surface area contributed by atoms with Gasteiger partial charge in [-0.25, -0.2) is 0 Å². The van der Waals surface area contributed by atoms with Crippen molar-refractivity contribution in [3.8, 4) is 5.75 Å². The van der Waals surface area contributed by atoms with Gasteiger partial charge < -0.3 is 24.4 Å². The SMILES string of the molecule is Clc1ccc(C2OCC(COc3ccc(N4CCNCC4)cc3)O2)c(Cl)c1. The van der Waals surface area contributed by atoms with Crippen LogP contribution in [0.15, 0.2) is 42.5 Å². The second-order valence-electron chi connectivity index (χ2n) is 6.63. The first-order valence-corrected chi connectivity index (χ1v) is 9.85. The van der Waals surface area contributed by atoms with E-state index in [1.807, 2.05) is 18.2 Å². The van der Waals surface area contributed by atoms with Crippen LogP contribution < -0.4 is 15.0 Å². The molecule has 0 saturated carbocycles. The van der Waals surface area contributed by atoms with Crippen LogP contribution in [-0.4, -0.2) is 45.5 Å². The van der Waals surface area contributed by atoms with Crippen LogP contribution in [0.3, 0.4) is 0 Å². The number of nitrogens with zero attached hydrogens (tertiary/aromatic N) is 1. The van der Waals surface area contributed by atoms with Crippen molar-refractivity contribution in [2.24, 2.45) is 0 Å². The third kappa shape index (κ3) is 4.68. The van der Waals surface area contributed by atoms with Gasteiger partial charge in [0.15, 0.2) is 6.29 Å². The lowest BCUT2D eigenvalue weighted by molar-refractivity contribution is -0.0658. The van der Waals surface area contributed by atoms with E-state index in [1.165, 1.54) is 5.69 Å². The van der Waals surface area contributed by atoms with Crippen LogP contribution in [0.2, 0.25) is 10.0 Å². The highest BCUT2D eigenvalue weighted by molar-refractivity contribution is 6.35. The molecule has 1 N–H and O–H groups in total. The van der Waals surface area contributed by atoms with E-state index in [-0.39, 0.29) is 6.10 Å². The van der Waals surface area contributed by atoms with Crippen LogP contribution >= 0.6 is 23.2 Å². The van der Waals surface area contributed by atoms with Crippen molar-refractivity contribution < 1.29 is 14.2 Å². The average Bonchev–Trinajstić information content (AvgIpc) is 3.16. The number of anilines is 1. The maximum absolute atomic E-state index is 6.23. The zero-order chi connectivity index (χ0) is 18.6. The minimum absolute atomic E-state index is 0.144. The predicted molar refractivity (Wildman–Crippen MR) is 107 cm³/mol. The van der Waals surface area contributed by atoms with Crippen LogP contribution in [0, 0.1) is 0 Å². The molecule has 2 unspecified atom stereocenters. The Labute approximate surface area is 169 Å². The van der Waals surface area contributed by atoms with E-state index in [4.69, 9.17) is 37.4 Å². The maximum Gasteiger partial charge on any atom is 0.185 e. The van der Waals surface area contributed by atoms with Gasteiger partial charge in [0.1, 0.15) is 18.5 Å². The molecule has 27 heavy (non-hydrogen) atoms. The lowest BCUT2D eigenvalue weighted by Crippen LogP contribution is -2.43. The molecule has 0 radical (unpaired) electrons. The largest absolute Gasteiger partial charge is 0.491 e. The van der Waals surface area contributed by atoms with E-state index in [1.54, 1.807) is 12.1 Å². The molecule has 2 fully saturated rings. The number of benzene rings is 2. The highest BCUT2D eigenvalue weighted by atomic mass is 35.5. The van der Waals surface area contributed by atoms with E-state index in [9.17, 15) is 0 Å². The third-order valence-electron chi connectivity index (χ3n) is 4.72. The van der Waals surface area contributed by atoms with Crippen molar-refractivity contribution in [3.05, 3.63) is 58.1 Å². The summed E-state index contributed by atoms with van der Waals surface area (Å²) in [5.74, 6) is 0.824. The molecule has 144 valence electrons. The molecule has 2 aromatic carbocycles. The van der Waals surface area contributed by atoms with Gasteiger partial charge in [-0.3, -0.25) is 0 Å². The zero-order valence-electron chi connectivity index (χ0n) is 14.9. The molecule has 2 aliphatic heterocycles. The molecular weight excluding hydrogens is 387 g/mol. The van der Waals surface area contributed by atoms with Crippen molar-refractivity contribution in [2.45, 2.75) is 12.4 Å². The lowest BCUT2D eigenvalue weighted by atomic mass is 10.2. The maximum atomic E-state index is 6.23. The fourth-order valence-corrected chi connectivity index (χ4v) is 3.75. The summed E-state index contributed by atoms with van der Waals surface area (Å²) in [5.41, 5.74) is 2.01. The Morgan fingerprint density at radius 1 is 1.07 bits per heavy atom. The fraction of sp³-hybridized carbons (Fsp3) is 0.400. The summed E-state index contributed by atoms with van der Waals surface area (Å²) < 4.78 is 17.5. The Hall–Kier alpha value is -1.50. The molecule has 0 spiro atoms. The lowest BCUT2D eigenvalue weighted by Gasteiger charge is -2.29. The Balaban J connectivity index is 1.29. The van der Waals surface area contributed by atoms with Gasteiger partial charge in [-0.2, -0.15) is 0 Å². The van der Waals surface area contributed by atoms with E-state index in [2.05, 4.69) is 22.3 Å². The quantitative estimate of drug-likeness (QED) is 0.812. The standard InChI is InChI=1S/C20H22Cl2N2O3/c21-14-1-6-18(19(22)11-14)20-26-13-17(27-20)12-25-16-4-2-15(3-5-16)24-9-7-23-8-10-24/h1-6,11,17,20,23H,7-10,12-13H2. The van der Waals surface area contributed by atoms with Crippen LogP contribution in [0.25, 0.3) is 0 Å². The molecule has 7 heteroatoms. The summed E-state index contributed by atoms with van der Waals surface area (Å²) in [7, 11) is 0. The first-order valence-electron chi connectivity index (χ1n) is 9.09. The smallest absolute Gasteiger partial charge is 0.185 e. The van der Waals surface area contributed by atoms with Gasteiger partial charge in [0.25, 0.3) is 0 Å². The molecule has 5 nitrogen and oxygen atoms in total. The molecular formula is C20H22Cl2N2O3. The normalized spacial score (nSPS) is 22.8. The van der Waals surface area contributed by atoms with Crippen molar-refractivity contribution in [1.82, 2.24) is 5.32 Å². The molecule has 2 saturated heterocycles. The van der Waals surface area contributed by atoms with Gasteiger partial charge in [0, 0.05) is 42.5 Å². The molecule has 2 aliphatic rings. The summed E-state index contributed by atoms with van der Waals surface area (Å²) in [6.45, 7) is 4.99. The summed E-state index contributed by atoms with van der Waals surface area (Å²) >= 11 is 12.2. The molecule has 0 amide bonds. The number of piperazine rings is 1. The molecule has 0 bridgehead atoms. The Morgan fingerprint density at radius 2 is 1.85 bits per heavy atom. The summed E-state index contributed by atoms with van der Waals surface area (Å²) in [6, 6.07) is 13.5. The first-order chi connectivity index (χ1) is 13.2. The number of nitrogens with one attached hydrogen (secondary N) is 1. The Bertz CT molecular complexity index is 766. The summed E-state index contributed by atoms with van der Waals surface area (Å²) in [5, 5.41) is 4.49. The molecule has 0 aliphatic carbocycles. The van der Waals surface area contributed by atoms with Gasteiger partial charge in [0.05, 0.1) is 11.6 Å². The Morgan fingerprint density at radius 3 is 2.59 bits per heavy atom. The van der Waals surface area contributed by atoms with Crippen molar-refractivity contribution in [3.63, 3.8) is 0 Å². The van der Waals surface area contributed by atoms with Crippen LogP contribution in [0.4, 0.5) is 5.69 Å². The van der Waals surface area contributed by atoms with Gasteiger partial charge in [0.2, 0.25) is 0 Å². The molecule has 2 aromatic rings. The van der Waals surface area contributed by atoms with Crippen LogP contribution in [0.5, 0.6) is 5.75 Å². The number of hydrogen-bond donors (Lipinski definition) is 1. The number of ether oxygens (including phenoxy) is 3. The minimum Gasteiger partial charge on any atom is -0.491 e. The Kier molecular flexibility index (Phi) is 6.05. The average molecular weight is 409 g/mol. The fourth-order valence-electron chi connectivity index (χ4n) is 3.26. The third-order valence-corrected chi connectivity index (χ3v) is 5.28. The number of hydrogen-bond acceptors (Lipinski definition) is 5. The van der Waals surface area contributed by atoms with Gasteiger partial charge in [-0.1, -0.05) is 29.3 Å². The van der Waals surface area contributed by atoms with E-state index < -0.39 is 6.29 Å². The van der Waals surface area contributed by atoms with Gasteiger partial charge >= 0.3 is 0 Å². The first kappa shape index (κ1) is 18.8. The monoisotopic (exact) mass is 408 g/mol. The molecule has 2 heterocycles. The van der Waals surface area contributed by atoms with Gasteiger partial charge in [-0.05, 0) is 36.4 Å². The number of rotatable bonds is 5. The number of halogens is 2. The van der Waals surface area contributed by atoms with Crippen molar-refractivity contribution in [2.75, 3.05) is 44.3 Å². The zero-order valence-corrected chi connectivity index (χ0v) is 16.4. The highest BCUT2D eigenvalue weighted by Gasteiger charge is 2.29. The second-order valence-corrected chi connectivity index (χ2v) is 7.47. The van der Waals surface area contributed by atoms with E-state index >= 15 is 0 Å². The predicted octanol–water partition coefficient (Wildman–Crippen LogP) is 3.90. The van der Waals surface area contributed by atoms with Crippen LogP contribution in [-0.2, 0) is 9.47 Å². The topological polar surface area (TPSA) is 43.0 Å². The van der Waals surface area contributed by atoms with Crippen molar-refractivity contribution >= 4 is 28.9 Å². The minimum atomic E-state index is -0.488. The van der Waals surface area contributed by atoms with E-state index in [0.29, 0.717) is 23.3 Å².